The van der Waals surface area contributed by atoms with Gasteiger partial charge >= 0.3 is 0 Å². The predicted molar refractivity (Wildman–Crippen MR) is 110 cm³/mol. The fourth-order valence-corrected chi connectivity index (χ4v) is 3.46. The smallest absolute Gasteiger partial charge is 0.223 e. The molecule has 2 N–H and O–H groups in total. The largest absolute Gasteiger partial charge is 0.368 e. The Morgan fingerprint density at radius 2 is 1.85 bits per heavy atom. The maximum absolute atomic E-state index is 6.02. The maximum Gasteiger partial charge on any atom is 0.223 e. The number of fused-ring (bicyclic) bond motifs is 1. The van der Waals surface area contributed by atoms with Crippen molar-refractivity contribution in [1.82, 2.24) is 19.9 Å². The van der Waals surface area contributed by atoms with Crippen LogP contribution in [0.1, 0.15) is 5.56 Å². The molecule has 1 aliphatic heterocycles. The number of hydrogen-bond acceptors (Lipinski definition) is 7. The average Bonchev–Trinajstić information content (AvgIpc) is 2.68. The van der Waals surface area contributed by atoms with E-state index in [1.54, 1.807) is 0 Å². The first-order valence-electron chi connectivity index (χ1n) is 9.22. The van der Waals surface area contributed by atoms with Crippen LogP contribution < -0.4 is 15.5 Å². The Morgan fingerprint density at radius 3 is 2.67 bits per heavy atom. The highest BCUT2D eigenvalue weighted by Gasteiger charge is 2.18. The molecule has 1 saturated heterocycles. The summed E-state index contributed by atoms with van der Waals surface area (Å²) in [6.07, 6.45) is 1.86. The molecular weight excluding hydrogens is 338 g/mol. The summed E-state index contributed by atoms with van der Waals surface area (Å²) < 4.78 is 0. The van der Waals surface area contributed by atoms with E-state index in [2.05, 4.69) is 48.8 Å². The van der Waals surface area contributed by atoms with Crippen LogP contribution in [0.2, 0.25) is 0 Å². The third kappa shape index (κ3) is 3.78. The summed E-state index contributed by atoms with van der Waals surface area (Å²) in [5.74, 6) is 2.04. The highest BCUT2D eigenvalue weighted by molar-refractivity contribution is 5.82. The Bertz CT molecular complexity index is 929. The lowest BCUT2D eigenvalue weighted by atomic mass is 10.1. The molecule has 27 heavy (non-hydrogen) atoms. The van der Waals surface area contributed by atoms with Crippen LogP contribution in [0.5, 0.6) is 0 Å². The number of pyridine rings is 1. The van der Waals surface area contributed by atoms with Gasteiger partial charge in [0.1, 0.15) is 11.6 Å². The van der Waals surface area contributed by atoms with E-state index in [0.29, 0.717) is 5.95 Å². The molecule has 0 spiro atoms. The minimum Gasteiger partial charge on any atom is -0.368 e. The third-order valence-electron chi connectivity index (χ3n) is 5.08. The zero-order chi connectivity index (χ0) is 18.8. The highest BCUT2D eigenvalue weighted by atomic mass is 15.3. The molecule has 1 aromatic carbocycles. The summed E-state index contributed by atoms with van der Waals surface area (Å²) in [4.78, 5) is 20.1. The van der Waals surface area contributed by atoms with Crippen molar-refractivity contribution in [3.8, 4) is 0 Å². The van der Waals surface area contributed by atoms with Gasteiger partial charge < -0.3 is 20.4 Å². The van der Waals surface area contributed by atoms with Gasteiger partial charge in [0.2, 0.25) is 5.95 Å². The topological polar surface area (TPSA) is 74.4 Å². The molecule has 4 rings (SSSR count). The van der Waals surface area contributed by atoms with E-state index in [9.17, 15) is 0 Å². The van der Waals surface area contributed by atoms with Crippen LogP contribution in [0, 0.1) is 0 Å². The van der Waals surface area contributed by atoms with E-state index in [-0.39, 0.29) is 0 Å². The summed E-state index contributed by atoms with van der Waals surface area (Å²) in [7, 11) is 4.18. The van der Waals surface area contributed by atoms with E-state index in [1.807, 2.05) is 37.5 Å². The Balaban J connectivity index is 1.59. The number of nitrogen functional groups attached to an aromatic ring is 1. The van der Waals surface area contributed by atoms with E-state index in [1.165, 1.54) is 5.56 Å². The lowest BCUT2D eigenvalue weighted by molar-refractivity contribution is 0.312. The van der Waals surface area contributed by atoms with Gasteiger partial charge in [-0.25, -0.2) is 0 Å². The number of benzene rings is 1. The maximum atomic E-state index is 6.02. The first kappa shape index (κ1) is 17.5. The molecule has 0 saturated carbocycles. The van der Waals surface area contributed by atoms with Gasteiger partial charge in [-0.15, -0.1) is 0 Å². The fraction of sp³-hybridized carbons (Fsp3) is 0.350. The molecule has 7 heteroatoms. The van der Waals surface area contributed by atoms with Crippen molar-refractivity contribution in [2.24, 2.45) is 0 Å². The second-order valence-electron chi connectivity index (χ2n) is 7.08. The minimum atomic E-state index is 0.313. The molecule has 3 aromatic rings. The Hall–Kier alpha value is -2.93. The first-order chi connectivity index (χ1) is 13.1. The number of anilines is 3. The quantitative estimate of drug-likeness (QED) is 0.760. The second kappa shape index (κ2) is 7.36. The summed E-state index contributed by atoms with van der Waals surface area (Å²) in [6, 6.07) is 12.3. The first-order valence-corrected chi connectivity index (χ1v) is 9.22. The molecule has 2 aromatic heterocycles. The number of piperazine rings is 1. The van der Waals surface area contributed by atoms with Gasteiger partial charge in [-0.1, -0.05) is 18.2 Å². The van der Waals surface area contributed by atoms with Crippen LogP contribution in [0.15, 0.2) is 42.6 Å². The lowest BCUT2D eigenvalue weighted by Gasteiger charge is -2.33. The van der Waals surface area contributed by atoms with E-state index < -0.39 is 0 Å². The number of para-hydroxylation sites is 1. The van der Waals surface area contributed by atoms with Crippen LogP contribution in [-0.2, 0) is 6.54 Å². The van der Waals surface area contributed by atoms with Gasteiger partial charge in [0.05, 0.1) is 5.52 Å². The van der Waals surface area contributed by atoms with Crippen LogP contribution in [-0.4, -0.2) is 60.1 Å². The summed E-state index contributed by atoms with van der Waals surface area (Å²) >= 11 is 0. The molecule has 0 bridgehead atoms. The van der Waals surface area contributed by atoms with Crippen molar-refractivity contribution in [1.29, 1.82) is 0 Å². The van der Waals surface area contributed by atoms with Crippen molar-refractivity contribution in [3.63, 3.8) is 0 Å². The van der Waals surface area contributed by atoms with Gasteiger partial charge in [-0.2, -0.15) is 9.97 Å². The minimum absolute atomic E-state index is 0.313. The predicted octanol–water partition coefficient (Wildman–Crippen LogP) is 2.00. The van der Waals surface area contributed by atoms with Crippen molar-refractivity contribution in [2.45, 2.75) is 6.54 Å². The normalized spacial score (nSPS) is 15.3. The molecule has 0 radical (unpaired) electrons. The number of likely N-dealkylation sites (N-methyl/N-ethyl adjacent to an activating group) is 1. The van der Waals surface area contributed by atoms with Crippen molar-refractivity contribution < 1.29 is 0 Å². The van der Waals surface area contributed by atoms with Crippen molar-refractivity contribution in [3.05, 3.63) is 48.2 Å². The summed E-state index contributed by atoms with van der Waals surface area (Å²) in [6.45, 7) is 4.67. The average molecular weight is 363 g/mol. The Labute approximate surface area is 159 Å². The van der Waals surface area contributed by atoms with Gasteiger partial charge in [-0.3, -0.25) is 4.98 Å². The van der Waals surface area contributed by atoms with Crippen LogP contribution in [0.4, 0.5) is 17.6 Å². The van der Waals surface area contributed by atoms with Gasteiger partial charge in [0.15, 0.2) is 0 Å². The molecule has 0 atom stereocenters. The molecule has 7 nitrogen and oxygen atoms in total. The van der Waals surface area contributed by atoms with Crippen LogP contribution >= 0.6 is 0 Å². The van der Waals surface area contributed by atoms with Gasteiger partial charge in [0, 0.05) is 57.4 Å². The summed E-state index contributed by atoms with van der Waals surface area (Å²) in [5, 5.41) is 1.16. The number of nitrogens with zero attached hydrogens (tertiary/aromatic N) is 6. The van der Waals surface area contributed by atoms with Gasteiger partial charge in [0.25, 0.3) is 0 Å². The molecule has 0 aliphatic carbocycles. The number of rotatable bonds is 4. The Morgan fingerprint density at radius 1 is 1.07 bits per heavy atom. The standard InChI is InChI=1S/C20H25N7/c1-25-9-11-27(12-10-25)19-13-18(23-20(21)24-19)26(2)14-15-7-8-22-17-6-4-3-5-16(15)17/h3-8,13H,9-12,14H2,1-2H3,(H2,21,23,24). The molecular formula is C20H25N7. The van der Waals surface area contributed by atoms with Crippen LogP contribution in [0.25, 0.3) is 10.9 Å². The van der Waals surface area contributed by atoms with E-state index in [0.717, 1.165) is 55.3 Å². The third-order valence-corrected chi connectivity index (χ3v) is 5.08. The number of hydrogen-bond donors (Lipinski definition) is 1. The molecule has 140 valence electrons. The van der Waals surface area contributed by atoms with E-state index >= 15 is 0 Å². The monoisotopic (exact) mass is 363 g/mol. The molecule has 1 fully saturated rings. The SMILES string of the molecule is CN1CCN(c2cc(N(C)Cc3ccnc4ccccc34)nc(N)n2)CC1. The molecule has 0 amide bonds. The van der Waals surface area contributed by atoms with Crippen molar-refractivity contribution >= 4 is 28.5 Å². The van der Waals surface area contributed by atoms with Gasteiger partial charge in [-0.05, 0) is 24.7 Å². The van der Waals surface area contributed by atoms with E-state index in [4.69, 9.17) is 5.73 Å². The summed E-state index contributed by atoms with van der Waals surface area (Å²) in [5.41, 5.74) is 8.23. The number of nitrogens with two attached hydrogens (primary N) is 1. The zero-order valence-corrected chi connectivity index (χ0v) is 15.8. The molecule has 1 aliphatic rings. The van der Waals surface area contributed by atoms with Crippen LogP contribution in [0.3, 0.4) is 0 Å². The molecule has 3 heterocycles. The van der Waals surface area contributed by atoms with Crippen molar-refractivity contribution in [2.75, 3.05) is 55.8 Å². The number of aromatic nitrogens is 3. The lowest BCUT2D eigenvalue weighted by Crippen LogP contribution is -2.45. The zero-order valence-electron chi connectivity index (χ0n) is 15.8. The second-order valence-corrected chi connectivity index (χ2v) is 7.08. The molecule has 0 unspecified atom stereocenters. The fourth-order valence-electron chi connectivity index (χ4n) is 3.46. The Kier molecular flexibility index (Phi) is 4.77. The highest BCUT2D eigenvalue weighted by Crippen LogP contribution is 2.23.